The fourth-order valence-corrected chi connectivity index (χ4v) is 2.46. The van der Waals surface area contributed by atoms with E-state index in [0.717, 1.165) is 31.6 Å². The first kappa shape index (κ1) is 15.4. The standard InChI is InChI=1S/C15H20N6O2/c1-20-8-4-14(5-9-20)23-15(22)17-10-12-11-21(19-18-12)13-2-6-16-7-3-13/h2-3,6-7,11,14H,4-5,8-10H2,1H3,(H,17,22). The minimum atomic E-state index is -0.405. The average molecular weight is 316 g/mol. The van der Waals surface area contributed by atoms with Gasteiger partial charge in [0.1, 0.15) is 11.8 Å². The number of pyridine rings is 1. The fourth-order valence-electron chi connectivity index (χ4n) is 2.46. The zero-order chi connectivity index (χ0) is 16.1. The van der Waals surface area contributed by atoms with E-state index < -0.39 is 6.09 Å². The maximum absolute atomic E-state index is 11.8. The molecule has 1 aliphatic heterocycles. The summed E-state index contributed by atoms with van der Waals surface area (Å²) in [5.41, 5.74) is 1.54. The number of carbonyl (C=O) groups excluding carboxylic acids is 1. The van der Waals surface area contributed by atoms with Crippen molar-refractivity contribution in [1.29, 1.82) is 0 Å². The van der Waals surface area contributed by atoms with Gasteiger partial charge >= 0.3 is 6.09 Å². The molecule has 0 saturated carbocycles. The zero-order valence-electron chi connectivity index (χ0n) is 13.1. The van der Waals surface area contributed by atoms with Crippen LogP contribution in [0.5, 0.6) is 0 Å². The highest BCUT2D eigenvalue weighted by atomic mass is 16.6. The maximum Gasteiger partial charge on any atom is 0.407 e. The third kappa shape index (κ3) is 4.26. The predicted molar refractivity (Wildman–Crippen MR) is 83.0 cm³/mol. The molecule has 0 spiro atoms. The molecule has 0 aromatic carbocycles. The van der Waals surface area contributed by atoms with Gasteiger partial charge in [0.2, 0.25) is 0 Å². The van der Waals surface area contributed by atoms with E-state index in [1.54, 1.807) is 23.3 Å². The van der Waals surface area contributed by atoms with E-state index in [1.165, 1.54) is 0 Å². The van der Waals surface area contributed by atoms with Crippen LogP contribution >= 0.6 is 0 Å². The van der Waals surface area contributed by atoms with Gasteiger partial charge in [0.15, 0.2) is 0 Å². The number of carbonyl (C=O) groups is 1. The topological polar surface area (TPSA) is 85.2 Å². The minimum Gasteiger partial charge on any atom is -0.446 e. The van der Waals surface area contributed by atoms with Gasteiger partial charge in [-0.25, -0.2) is 9.48 Å². The molecule has 1 aliphatic rings. The van der Waals surface area contributed by atoms with E-state index in [2.05, 4.69) is 32.6 Å². The fraction of sp³-hybridized carbons (Fsp3) is 0.467. The second-order valence-corrected chi connectivity index (χ2v) is 5.62. The van der Waals surface area contributed by atoms with E-state index in [1.807, 2.05) is 12.1 Å². The molecule has 0 aliphatic carbocycles. The normalized spacial score (nSPS) is 16.2. The van der Waals surface area contributed by atoms with Crippen molar-refractivity contribution in [3.8, 4) is 5.69 Å². The molecule has 0 bridgehead atoms. The molecule has 1 saturated heterocycles. The van der Waals surface area contributed by atoms with E-state index in [9.17, 15) is 4.79 Å². The maximum atomic E-state index is 11.8. The molecule has 1 amide bonds. The summed E-state index contributed by atoms with van der Waals surface area (Å²) in [7, 11) is 2.07. The third-order valence-corrected chi connectivity index (χ3v) is 3.82. The summed E-state index contributed by atoms with van der Waals surface area (Å²) in [5, 5.41) is 10.8. The minimum absolute atomic E-state index is 0.00120. The number of hydrogen-bond acceptors (Lipinski definition) is 6. The summed E-state index contributed by atoms with van der Waals surface area (Å²) >= 11 is 0. The monoisotopic (exact) mass is 316 g/mol. The number of aromatic nitrogens is 4. The summed E-state index contributed by atoms with van der Waals surface area (Å²) in [6.07, 6.45) is 6.49. The molecule has 0 atom stereocenters. The summed E-state index contributed by atoms with van der Waals surface area (Å²) in [6.45, 7) is 2.20. The van der Waals surface area contributed by atoms with Crippen LogP contribution in [0.25, 0.3) is 5.69 Å². The van der Waals surface area contributed by atoms with Crippen molar-refractivity contribution in [2.75, 3.05) is 20.1 Å². The SMILES string of the molecule is CN1CCC(OC(=O)NCc2cn(-c3ccncc3)nn2)CC1. The first-order valence-electron chi connectivity index (χ1n) is 7.65. The van der Waals surface area contributed by atoms with Crippen molar-refractivity contribution in [3.05, 3.63) is 36.4 Å². The molecule has 3 rings (SSSR count). The Morgan fingerprint density at radius 3 is 2.83 bits per heavy atom. The van der Waals surface area contributed by atoms with Gasteiger partial charge in [0.25, 0.3) is 0 Å². The third-order valence-electron chi connectivity index (χ3n) is 3.82. The van der Waals surface area contributed by atoms with Gasteiger partial charge in [-0.1, -0.05) is 5.21 Å². The van der Waals surface area contributed by atoms with Crippen molar-refractivity contribution < 1.29 is 9.53 Å². The van der Waals surface area contributed by atoms with Crippen LogP contribution in [0, 0.1) is 0 Å². The van der Waals surface area contributed by atoms with Crippen LogP contribution in [0.4, 0.5) is 4.79 Å². The lowest BCUT2D eigenvalue weighted by atomic mass is 10.1. The Bertz CT molecular complexity index is 636. The number of amides is 1. The second kappa shape index (κ2) is 7.19. The quantitative estimate of drug-likeness (QED) is 0.905. The van der Waals surface area contributed by atoms with Gasteiger partial charge in [-0.15, -0.1) is 5.10 Å². The van der Waals surface area contributed by atoms with Crippen LogP contribution in [-0.4, -0.2) is 57.2 Å². The van der Waals surface area contributed by atoms with E-state index in [0.29, 0.717) is 5.69 Å². The number of nitrogens with zero attached hydrogens (tertiary/aromatic N) is 5. The molecule has 23 heavy (non-hydrogen) atoms. The Kier molecular flexibility index (Phi) is 4.82. The number of rotatable bonds is 4. The molecule has 0 radical (unpaired) electrons. The number of nitrogens with one attached hydrogen (secondary N) is 1. The molecule has 8 nitrogen and oxygen atoms in total. The summed E-state index contributed by atoms with van der Waals surface area (Å²) in [6, 6.07) is 3.67. The highest BCUT2D eigenvalue weighted by Crippen LogP contribution is 2.12. The number of hydrogen-bond donors (Lipinski definition) is 1. The van der Waals surface area contributed by atoms with Crippen LogP contribution in [0.1, 0.15) is 18.5 Å². The number of ether oxygens (including phenoxy) is 1. The van der Waals surface area contributed by atoms with Crippen LogP contribution < -0.4 is 5.32 Å². The largest absolute Gasteiger partial charge is 0.446 e. The van der Waals surface area contributed by atoms with Crippen molar-refractivity contribution in [2.45, 2.75) is 25.5 Å². The predicted octanol–water partition coefficient (Wildman–Crippen LogP) is 0.983. The summed E-state index contributed by atoms with van der Waals surface area (Å²) in [4.78, 5) is 18.0. The van der Waals surface area contributed by atoms with Crippen LogP contribution in [0.2, 0.25) is 0 Å². The van der Waals surface area contributed by atoms with Gasteiger partial charge in [-0.3, -0.25) is 4.98 Å². The lowest BCUT2D eigenvalue weighted by Gasteiger charge is -2.28. The van der Waals surface area contributed by atoms with E-state index in [4.69, 9.17) is 4.74 Å². The summed E-state index contributed by atoms with van der Waals surface area (Å²) in [5.74, 6) is 0. The molecule has 3 heterocycles. The van der Waals surface area contributed by atoms with Crippen molar-refractivity contribution in [2.24, 2.45) is 0 Å². The lowest BCUT2D eigenvalue weighted by molar-refractivity contribution is 0.0568. The Labute approximate surface area is 134 Å². The Hall–Kier alpha value is -2.48. The molecule has 2 aromatic rings. The van der Waals surface area contributed by atoms with Gasteiger partial charge in [-0.2, -0.15) is 0 Å². The number of likely N-dealkylation sites (tertiary alicyclic amines) is 1. The number of piperidine rings is 1. The van der Waals surface area contributed by atoms with E-state index in [-0.39, 0.29) is 12.6 Å². The molecule has 0 unspecified atom stereocenters. The van der Waals surface area contributed by atoms with Crippen molar-refractivity contribution in [1.82, 2.24) is 30.2 Å². The second-order valence-electron chi connectivity index (χ2n) is 5.62. The highest BCUT2D eigenvalue weighted by molar-refractivity contribution is 5.67. The number of alkyl carbamates (subject to hydrolysis) is 1. The highest BCUT2D eigenvalue weighted by Gasteiger charge is 2.20. The van der Waals surface area contributed by atoms with Crippen LogP contribution in [-0.2, 0) is 11.3 Å². The van der Waals surface area contributed by atoms with Crippen LogP contribution in [0.3, 0.4) is 0 Å². The first-order valence-corrected chi connectivity index (χ1v) is 7.65. The van der Waals surface area contributed by atoms with Crippen LogP contribution in [0.15, 0.2) is 30.7 Å². The Balaban J connectivity index is 1.47. The lowest BCUT2D eigenvalue weighted by Crippen LogP contribution is -2.37. The van der Waals surface area contributed by atoms with Gasteiger partial charge in [0, 0.05) is 25.5 Å². The Morgan fingerprint density at radius 2 is 2.09 bits per heavy atom. The molecule has 1 N–H and O–H groups in total. The molecule has 122 valence electrons. The van der Waals surface area contributed by atoms with Gasteiger partial charge in [-0.05, 0) is 32.0 Å². The van der Waals surface area contributed by atoms with Gasteiger partial charge in [0.05, 0.1) is 18.4 Å². The molecular formula is C15H20N6O2. The van der Waals surface area contributed by atoms with E-state index >= 15 is 0 Å². The first-order chi connectivity index (χ1) is 11.2. The average Bonchev–Trinajstić information content (AvgIpc) is 3.05. The van der Waals surface area contributed by atoms with Crippen molar-refractivity contribution >= 4 is 6.09 Å². The molecule has 8 heteroatoms. The molecular weight excluding hydrogens is 296 g/mol. The smallest absolute Gasteiger partial charge is 0.407 e. The molecule has 2 aromatic heterocycles. The zero-order valence-corrected chi connectivity index (χ0v) is 13.1. The molecule has 1 fully saturated rings. The van der Waals surface area contributed by atoms with Crippen molar-refractivity contribution in [3.63, 3.8) is 0 Å². The Morgan fingerprint density at radius 1 is 1.35 bits per heavy atom. The van der Waals surface area contributed by atoms with Gasteiger partial charge < -0.3 is 15.0 Å². The summed E-state index contributed by atoms with van der Waals surface area (Å²) < 4.78 is 7.05.